The number of hydrogen-bond donors (Lipinski definition) is 1. The second-order valence-corrected chi connectivity index (χ2v) is 4.88. The van der Waals surface area contributed by atoms with Crippen LogP contribution in [-0.2, 0) is 21.5 Å². The van der Waals surface area contributed by atoms with Gasteiger partial charge in [-0.15, -0.1) is 0 Å². The topological polar surface area (TPSA) is 72.5 Å². The van der Waals surface area contributed by atoms with Gasteiger partial charge < -0.3 is 9.50 Å². The van der Waals surface area contributed by atoms with E-state index in [0.717, 1.165) is 6.26 Å². The fraction of sp³-hybridized carbons (Fsp3) is 0.300. The molecular weight excluding hydrogens is 230 g/mol. The highest BCUT2D eigenvalue weighted by atomic mass is 32.2. The highest BCUT2D eigenvalue weighted by Gasteiger charge is 2.09. The van der Waals surface area contributed by atoms with Crippen molar-refractivity contribution in [3.63, 3.8) is 0 Å². The van der Waals surface area contributed by atoms with Crippen molar-refractivity contribution in [1.29, 1.82) is 0 Å². The van der Waals surface area contributed by atoms with E-state index in [1.165, 1.54) is 13.0 Å². The smallest absolute Gasteiger partial charge is 0.306 e. The molecule has 1 N–H and O–H groups in total. The van der Waals surface area contributed by atoms with Gasteiger partial charge in [-0.25, -0.2) is 0 Å². The van der Waals surface area contributed by atoms with E-state index in [2.05, 4.69) is 5.32 Å². The van der Waals surface area contributed by atoms with E-state index < -0.39 is 10.1 Å². The van der Waals surface area contributed by atoms with E-state index in [4.69, 9.17) is 4.18 Å². The van der Waals surface area contributed by atoms with Gasteiger partial charge in [0.25, 0.3) is 0 Å². The summed E-state index contributed by atoms with van der Waals surface area (Å²) in [5.74, 6) is 0.0490. The lowest BCUT2D eigenvalue weighted by atomic mass is 10.2. The van der Waals surface area contributed by atoms with Crippen LogP contribution in [0.2, 0.25) is 0 Å². The number of carbonyl (C=O) groups is 1. The summed E-state index contributed by atoms with van der Waals surface area (Å²) in [5.41, 5.74) is 0.614. The van der Waals surface area contributed by atoms with Gasteiger partial charge in [0.1, 0.15) is 5.75 Å². The lowest BCUT2D eigenvalue weighted by molar-refractivity contribution is -0.119. The van der Waals surface area contributed by atoms with E-state index in [9.17, 15) is 13.2 Å². The lowest BCUT2D eigenvalue weighted by Crippen LogP contribution is -2.19. The van der Waals surface area contributed by atoms with Gasteiger partial charge in [0.15, 0.2) is 0 Å². The van der Waals surface area contributed by atoms with Gasteiger partial charge in [0, 0.05) is 19.0 Å². The van der Waals surface area contributed by atoms with Gasteiger partial charge in [-0.3, -0.25) is 4.79 Å². The van der Waals surface area contributed by atoms with Crippen LogP contribution in [0.3, 0.4) is 0 Å². The number of benzene rings is 1. The van der Waals surface area contributed by atoms with Gasteiger partial charge in [0.2, 0.25) is 5.91 Å². The normalized spacial score (nSPS) is 10.9. The third-order valence-electron chi connectivity index (χ3n) is 1.74. The van der Waals surface area contributed by atoms with Crippen LogP contribution in [0.1, 0.15) is 12.5 Å². The molecule has 0 saturated heterocycles. The monoisotopic (exact) mass is 243 g/mol. The predicted octanol–water partition coefficient (Wildman–Crippen LogP) is 0.661. The Morgan fingerprint density at radius 3 is 2.56 bits per heavy atom. The molecule has 6 heteroatoms. The van der Waals surface area contributed by atoms with Crippen LogP contribution >= 0.6 is 0 Å². The van der Waals surface area contributed by atoms with Crippen LogP contribution in [0, 0.1) is 0 Å². The minimum absolute atomic E-state index is 0.186. The molecule has 0 aliphatic rings. The summed E-state index contributed by atoms with van der Waals surface area (Å²) in [4.78, 5) is 10.7. The molecule has 0 unspecified atom stereocenters. The highest BCUT2D eigenvalue weighted by molar-refractivity contribution is 7.86. The number of amides is 1. The van der Waals surface area contributed by atoms with Crippen molar-refractivity contribution in [1.82, 2.24) is 5.32 Å². The van der Waals surface area contributed by atoms with Crippen molar-refractivity contribution in [2.24, 2.45) is 0 Å². The van der Waals surface area contributed by atoms with Gasteiger partial charge in [-0.2, -0.15) is 8.42 Å². The third kappa shape index (κ3) is 4.31. The lowest BCUT2D eigenvalue weighted by Gasteiger charge is -2.09. The first-order chi connectivity index (χ1) is 7.38. The number of nitrogens with one attached hydrogen (secondary N) is 1. The van der Waals surface area contributed by atoms with Crippen LogP contribution in [0.15, 0.2) is 24.3 Å². The van der Waals surface area contributed by atoms with Gasteiger partial charge in [0.05, 0.1) is 6.26 Å². The Labute approximate surface area is 94.6 Å². The fourth-order valence-corrected chi connectivity index (χ4v) is 1.60. The van der Waals surface area contributed by atoms with E-state index in [0.29, 0.717) is 5.56 Å². The van der Waals surface area contributed by atoms with Crippen molar-refractivity contribution in [3.05, 3.63) is 29.8 Å². The first kappa shape index (κ1) is 12.5. The number of carbonyl (C=O) groups excluding carboxylic acids is 1. The zero-order valence-electron chi connectivity index (χ0n) is 9.06. The van der Waals surface area contributed by atoms with E-state index in [-0.39, 0.29) is 18.2 Å². The van der Waals surface area contributed by atoms with Crippen molar-refractivity contribution in [2.75, 3.05) is 6.26 Å². The minimum atomic E-state index is -3.55. The third-order valence-corrected chi connectivity index (χ3v) is 2.22. The Balaban J connectivity index is 2.87. The van der Waals surface area contributed by atoms with Crippen molar-refractivity contribution in [2.45, 2.75) is 13.5 Å². The maximum Gasteiger partial charge on any atom is 0.306 e. The van der Waals surface area contributed by atoms with Gasteiger partial charge in [-0.1, -0.05) is 18.2 Å². The fourth-order valence-electron chi connectivity index (χ4n) is 1.11. The Hall–Kier alpha value is -1.56. The molecule has 0 aliphatic carbocycles. The number of rotatable bonds is 4. The molecule has 0 saturated carbocycles. The maximum atomic E-state index is 11.0. The zero-order valence-corrected chi connectivity index (χ0v) is 9.87. The van der Waals surface area contributed by atoms with E-state index in [1.54, 1.807) is 18.2 Å². The molecule has 0 spiro atoms. The molecule has 1 amide bonds. The molecule has 1 rings (SSSR count). The first-order valence-corrected chi connectivity index (χ1v) is 6.42. The van der Waals surface area contributed by atoms with Crippen LogP contribution in [0.25, 0.3) is 0 Å². The zero-order chi connectivity index (χ0) is 12.2. The molecule has 0 fully saturated rings. The van der Waals surface area contributed by atoms with Crippen LogP contribution in [-0.4, -0.2) is 20.6 Å². The Morgan fingerprint density at radius 2 is 2.00 bits per heavy atom. The summed E-state index contributed by atoms with van der Waals surface area (Å²) in [5, 5.41) is 2.57. The van der Waals surface area contributed by atoms with Crippen LogP contribution < -0.4 is 9.50 Å². The summed E-state index contributed by atoms with van der Waals surface area (Å²) < 4.78 is 26.7. The molecule has 88 valence electrons. The standard InChI is InChI=1S/C10H13NO4S/c1-8(12)11-7-9-5-3-4-6-10(9)15-16(2,13)14/h3-6H,7H2,1-2H3,(H,11,12). The van der Waals surface area contributed by atoms with Crippen LogP contribution in [0.5, 0.6) is 5.75 Å². The molecule has 16 heavy (non-hydrogen) atoms. The Bertz CT molecular complexity index is 481. The Kier molecular flexibility index (Phi) is 3.89. The summed E-state index contributed by atoms with van der Waals surface area (Å²) in [6, 6.07) is 6.64. The van der Waals surface area contributed by atoms with Crippen molar-refractivity contribution < 1.29 is 17.4 Å². The summed E-state index contributed by atoms with van der Waals surface area (Å²) in [6.45, 7) is 1.63. The van der Waals surface area contributed by atoms with Crippen LogP contribution in [0.4, 0.5) is 0 Å². The second-order valence-electron chi connectivity index (χ2n) is 3.30. The SMILES string of the molecule is CC(=O)NCc1ccccc1OS(C)(=O)=O. The van der Waals surface area contributed by atoms with Crippen molar-refractivity contribution >= 4 is 16.0 Å². The quantitative estimate of drug-likeness (QED) is 0.788. The maximum absolute atomic E-state index is 11.0. The predicted molar refractivity (Wildman–Crippen MR) is 59.4 cm³/mol. The summed E-state index contributed by atoms with van der Waals surface area (Å²) in [7, 11) is -3.55. The average molecular weight is 243 g/mol. The van der Waals surface area contributed by atoms with E-state index >= 15 is 0 Å². The molecule has 0 aliphatic heterocycles. The molecule has 0 atom stereocenters. The van der Waals surface area contributed by atoms with Gasteiger partial charge in [-0.05, 0) is 6.07 Å². The molecule has 0 heterocycles. The second kappa shape index (κ2) is 4.98. The molecular formula is C10H13NO4S. The number of para-hydroxylation sites is 1. The van der Waals surface area contributed by atoms with Gasteiger partial charge >= 0.3 is 10.1 Å². The first-order valence-electron chi connectivity index (χ1n) is 4.60. The molecule has 0 bridgehead atoms. The molecule has 0 aromatic heterocycles. The highest BCUT2D eigenvalue weighted by Crippen LogP contribution is 2.19. The average Bonchev–Trinajstić information content (AvgIpc) is 2.14. The Morgan fingerprint density at radius 1 is 1.38 bits per heavy atom. The van der Waals surface area contributed by atoms with Crippen molar-refractivity contribution in [3.8, 4) is 5.75 Å². The molecule has 0 radical (unpaired) electrons. The van der Waals surface area contributed by atoms with E-state index in [1.807, 2.05) is 0 Å². The molecule has 5 nitrogen and oxygen atoms in total. The summed E-state index contributed by atoms with van der Waals surface area (Å²) in [6.07, 6.45) is 0.974. The summed E-state index contributed by atoms with van der Waals surface area (Å²) >= 11 is 0. The molecule has 1 aromatic rings. The molecule has 1 aromatic carbocycles. The number of hydrogen-bond acceptors (Lipinski definition) is 4. The largest absolute Gasteiger partial charge is 0.382 e. The minimum Gasteiger partial charge on any atom is -0.382 e.